The number of carbonyl (C=O) groups is 6. The number of carbonyl (C=O) groups excluding carboxylic acids is 6. The maximum Gasteiger partial charge on any atom is 0.408 e. The molecule has 0 aliphatic carbocycles. The van der Waals surface area contributed by atoms with Gasteiger partial charge in [-0.3, -0.25) is 19.2 Å². The number of ether oxygens (including phenoxy) is 3. The van der Waals surface area contributed by atoms with Crippen LogP contribution in [-0.2, 0) is 44.8 Å². The number of hydrogen-bond acceptors (Lipinski definition) is 10. The van der Waals surface area contributed by atoms with Crippen LogP contribution >= 0.6 is 0 Å². The van der Waals surface area contributed by atoms with Gasteiger partial charge in [0.25, 0.3) is 0 Å². The van der Waals surface area contributed by atoms with Crippen molar-refractivity contribution in [2.24, 2.45) is 0 Å². The molecule has 3 rings (SSSR count). The molecule has 5 atom stereocenters. The zero-order valence-electron chi connectivity index (χ0n) is 23.9. The Hall–Kier alpha value is -4.20. The number of benzene rings is 1. The Balaban J connectivity index is 1.69. The minimum absolute atomic E-state index is 0.0454. The fourth-order valence-electron chi connectivity index (χ4n) is 5.02. The first-order valence-corrected chi connectivity index (χ1v) is 13.8. The summed E-state index contributed by atoms with van der Waals surface area (Å²) in [5.41, 5.74) is 0.733. The number of methoxy groups -OCH3 is 1. The van der Waals surface area contributed by atoms with Crippen molar-refractivity contribution in [2.75, 3.05) is 26.8 Å². The van der Waals surface area contributed by atoms with E-state index in [0.29, 0.717) is 25.7 Å². The molecule has 230 valence electrons. The van der Waals surface area contributed by atoms with E-state index in [4.69, 9.17) is 9.47 Å². The Morgan fingerprint density at radius 1 is 0.952 bits per heavy atom. The summed E-state index contributed by atoms with van der Waals surface area (Å²) in [5.74, 6) is -3.19. The molecule has 2 aliphatic heterocycles. The Labute approximate surface area is 243 Å². The van der Waals surface area contributed by atoms with Crippen molar-refractivity contribution in [1.82, 2.24) is 20.4 Å². The van der Waals surface area contributed by atoms with Gasteiger partial charge in [-0.1, -0.05) is 30.3 Å². The molecular formula is C28H38N4O10. The van der Waals surface area contributed by atoms with Crippen LogP contribution in [-0.4, -0.2) is 108 Å². The fourth-order valence-corrected chi connectivity index (χ4v) is 5.02. The molecule has 14 heteroatoms. The smallest absolute Gasteiger partial charge is 0.408 e. The molecule has 3 unspecified atom stereocenters. The number of hydrogen-bond donors (Lipinski definition) is 3. The second kappa shape index (κ2) is 15.1. The van der Waals surface area contributed by atoms with Crippen LogP contribution < -0.4 is 10.6 Å². The number of alkyl carbamates (subject to hydrolysis) is 1. The van der Waals surface area contributed by atoms with Crippen molar-refractivity contribution in [3.63, 3.8) is 0 Å². The number of aliphatic hydroxyl groups is 1. The van der Waals surface area contributed by atoms with E-state index >= 15 is 0 Å². The van der Waals surface area contributed by atoms with Crippen molar-refractivity contribution in [3.05, 3.63) is 35.9 Å². The van der Waals surface area contributed by atoms with Crippen molar-refractivity contribution in [1.29, 1.82) is 0 Å². The number of nitrogens with one attached hydrogen (secondary N) is 2. The highest BCUT2D eigenvalue weighted by Gasteiger charge is 2.44. The number of esters is 2. The van der Waals surface area contributed by atoms with Crippen LogP contribution in [0.4, 0.5) is 4.79 Å². The SMILES string of the molecule is COC(=O)[C@@H](NC(=O)C1CCCN1C(=O)C1CCCN1C(=O)C(COC(C)=O)NC(=O)OCc1ccccc1)[C@@H](C)O. The van der Waals surface area contributed by atoms with Gasteiger partial charge in [-0.05, 0) is 38.2 Å². The lowest BCUT2D eigenvalue weighted by molar-refractivity contribution is -0.151. The predicted molar refractivity (Wildman–Crippen MR) is 145 cm³/mol. The second-order valence-corrected chi connectivity index (χ2v) is 10.2. The monoisotopic (exact) mass is 590 g/mol. The number of nitrogens with zero attached hydrogens (tertiary/aromatic N) is 2. The van der Waals surface area contributed by atoms with Gasteiger partial charge in [0.05, 0.1) is 13.2 Å². The van der Waals surface area contributed by atoms with Crippen molar-refractivity contribution in [3.8, 4) is 0 Å². The molecule has 0 bridgehead atoms. The third kappa shape index (κ3) is 8.41. The summed E-state index contributed by atoms with van der Waals surface area (Å²) in [6.45, 7) is 2.46. The van der Waals surface area contributed by atoms with E-state index in [2.05, 4.69) is 15.4 Å². The zero-order chi connectivity index (χ0) is 30.8. The molecule has 0 radical (unpaired) electrons. The maximum atomic E-state index is 13.7. The molecule has 1 aromatic carbocycles. The summed E-state index contributed by atoms with van der Waals surface area (Å²) in [6.07, 6.45) is -0.455. The first-order chi connectivity index (χ1) is 20.0. The molecule has 42 heavy (non-hydrogen) atoms. The first kappa shape index (κ1) is 32.3. The largest absolute Gasteiger partial charge is 0.467 e. The highest BCUT2D eigenvalue weighted by molar-refractivity contribution is 5.95. The highest BCUT2D eigenvalue weighted by atomic mass is 16.6. The standard InChI is InChI=1S/C28H38N4O10/c1-17(33)23(27(38)40-3)30-24(35)21-11-7-13-31(21)26(37)22-12-8-14-32(22)25(36)20(16-41-18(2)34)29-28(39)42-15-19-9-5-4-6-10-19/h4-6,9-10,17,20-23,33H,7-8,11-16H2,1-3H3,(H,29,39)(H,30,35)/t17-,20?,21?,22?,23+/m1/s1. The van der Waals surface area contributed by atoms with Gasteiger partial charge in [0.2, 0.25) is 17.7 Å². The zero-order valence-corrected chi connectivity index (χ0v) is 23.9. The van der Waals surface area contributed by atoms with Gasteiger partial charge in [-0.15, -0.1) is 0 Å². The number of rotatable bonds is 11. The molecule has 2 fully saturated rings. The lowest BCUT2D eigenvalue weighted by Gasteiger charge is -2.33. The molecule has 2 aliphatic rings. The van der Waals surface area contributed by atoms with Crippen molar-refractivity contribution >= 4 is 35.8 Å². The van der Waals surface area contributed by atoms with E-state index in [9.17, 15) is 33.9 Å². The molecule has 0 spiro atoms. The van der Waals surface area contributed by atoms with Gasteiger partial charge in [-0.2, -0.15) is 0 Å². The molecule has 3 N–H and O–H groups in total. The average molecular weight is 591 g/mol. The van der Waals surface area contributed by atoms with E-state index in [-0.39, 0.29) is 19.7 Å². The molecule has 0 saturated carbocycles. The van der Waals surface area contributed by atoms with E-state index in [1.54, 1.807) is 24.3 Å². The maximum absolute atomic E-state index is 13.7. The molecule has 4 amide bonds. The molecule has 14 nitrogen and oxygen atoms in total. The first-order valence-electron chi connectivity index (χ1n) is 13.8. The van der Waals surface area contributed by atoms with Crippen molar-refractivity contribution < 1.29 is 48.1 Å². The summed E-state index contributed by atoms with van der Waals surface area (Å²) < 4.78 is 14.9. The van der Waals surface area contributed by atoms with Crippen LogP contribution in [0, 0.1) is 0 Å². The summed E-state index contributed by atoms with van der Waals surface area (Å²) in [5, 5.41) is 14.8. The molecule has 0 aromatic heterocycles. The molecule has 2 saturated heterocycles. The van der Waals surface area contributed by atoms with Gasteiger partial charge in [-0.25, -0.2) is 9.59 Å². The molecule has 2 heterocycles. The van der Waals surface area contributed by atoms with Crippen LogP contribution in [0.5, 0.6) is 0 Å². The Kier molecular flexibility index (Phi) is 11.7. The second-order valence-electron chi connectivity index (χ2n) is 10.2. The van der Waals surface area contributed by atoms with Gasteiger partial charge in [0.15, 0.2) is 6.04 Å². The Morgan fingerprint density at radius 2 is 1.60 bits per heavy atom. The highest BCUT2D eigenvalue weighted by Crippen LogP contribution is 2.26. The lowest BCUT2D eigenvalue weighted by atomic mass is 10.1. The van der Waals surface area contributed by atoms with Crippen molar-refractivity contribution in [2.45, 2.75) is 76.4 Å². The summed E-state index contributed by atoms with van der Waals surface area (Å²) in [4.78, 5) is 79.0. The summed E-state index contributed by atoms with van der Waals surface area (Å²) in [7, 11) is 1.13. The van der Waals surface area contributed by atoms with E-state index in [0.717, 1.165) is 19.6 Å². The molecule has 1 aromatic rings. The van der Waals surface area contributed by atoms with Crippen LogP contribution in [0.2, 0.25) is 0 Å². The Bertz CT molecular complexity index is 1140. The van der Waals surface area contributed by atoms with Gasteiger partial charge >= 0.3 is 18.0 Å². The summed E-state index contributed by atoms with van der Waals surface area (Å²) >= 11 is 0. The van der Waals surface area contributed by atoms with Gasteiger partial charge in [0, 0.05) is 20.0 Å². The third-order valence-corrected chi connectivity index (χ3v) is 7.15. The normalized spacial score (nSPS) is 20.2. The van der Waals surface area contributed by atoms with E-state index in [1.807, 2.05) is 6.07 Å². The van der Waals surface area contributed by atoms with Gasteiger partial charge < -0.3 is 39.8 Å². The minimum atomic E-state index is -1.31. The lowest BCUT2D eigenvalue weighted by Crippen LogP contribution is -2.58. The number of aliphatic hydroxyl groups excluding tert-OH is 1. The number of likely N-dealkylation sites (tertiary alicyclic amines) is 2. The van der Waals surface area contributed by atoms with Gasteiger partial charge in [0.1, 0.15) is 31.3 Å². The van der Waals surface area contributed by atoms with Crippen LogP contribution in [0.1, 0.15) is 45.1 Å². The third-order valence-electron chi connectivity index (χ3n) is 7.15. The van der Waals surface area contributed by atoms with Crippen LogP contribution in [0.3, 0.4) is 0 Å². The topological polar surface area (TPSA) is 181 Å². The number of amides is 4. The minimum Gasteiger partial charge on any atom is -0.467 e. The van der Waals surface area contributed by atoms with Crippen LogP contribution in [0.25, 0.3) is 0 Å². The molecular weight excluding hydrogens is 552 g/mol. The van der Waals surface area contributed by atoms with E-state index < -0.39 is 72.6 Å². The average Bonchev–Trinajstić information content (AvgIpc) is 3.66. The predicted octanol–water partition coefficient (Wildman–Crippen LogP) is -0.135. The quantitative estimate of drug-likeness (QED) is 0.232. The Morgan fingerprint density at radius 3 is 2.21 bits per heavy atom. The van der Waals surface area contributed by atoms with E-state index in [1.165, 1.54) is 16.7 Å². The summed E-state index contributed by atoms with van der Waals surface area (Å²) in [6, 6.07) is 4.47. The van der Waals surface area contributed by atoms with Crippen LogP contribution in [0.15, 0.2) is 30.3 Å². The fraction of sp³-hybridized carbons (Fsp3) is 0.571.